The molecule has 3 N–H and O–H groups in total. The van der Waals surface area contributed by atoms with Gasteiger partial charge in [-0.05, 0) is 37.1 Å². The summed E-state index contributed by atoms with van der Waals surface area (Å²) in [5.41, 5.74) is 2.15. The van der Waals surface area contributed by atoms with Gasteiger partial charge in [-0.2, -0.15) is 0 Å². The second-order valence-corrected chi connectivity index (χ2v) is 5.56. The van der Waals surface area contributed by atoms with Gasteiger partial charge in [0.25, 0.3) is 0 Å². The maximum atomic E-state index is 11.9. The molecule has 1 heterocycles. The van der Waals surface area contributed by atoms with Crippen molar-refractivity contribution in [2.24, 2.45) is 0 Å². The minimum absolute atomic E-state index is 0.0507. The number of aliphatic hydroxyl groups is 1. The van der Waals surface area contributed by atoms with E-state index in [0.717, 1.165) is 16.5 Å². The summed E-state index contributed by atoms with van der Waals surface area (Å²) in [5, 5.41) is 13.7. The first kappa shape index (κ1) is 15.7. The minimum atomic E-state index is -0.197. The Morgan fingerprint density at radius 3 is 3.00 bits per heavy atom. The number of hydrogen-bond donors (Lipinski definition) is 3. The Kier molecular flexibility index (Phi) is 5.09. The topological polar surface area (TPSA) is 68.4 Å². The zero-order valence-corrected chi connectivity index (χ0v) is 12.9. The Labute approximate surface area is 128 Å². The quantitative estimate of drug-likeness (QED) is 0.794. The number of urea groups is 1. The van der Waals surface area contributed by atoms with Gasteiger partial charge in [-0.3, -0.25) is 0 Å². The van der Waals surface area contributed by atoms with Crippen LogP contribution in [0, 0.1) is 0 Å². The molecule has 0 aliphatic rings. The number of rotatable bonds is 5. The minimum Gasteiger partial charge on any atom is -0.394 e. The van der Waals surface area contributed by atoms with Crippen molar-refractivity contribution >= 4 is 28.5 Å². The lowest BCUT2D eigenvalue weighted by Crippen LogP contribution is -2.44. The molecular formula is C15H20ClN3O2. The number of fused-ring (bicyclic) bond motifs is 1. The lowest BCUT2D eigenvalue weighted by Gasteiger charge is -2.23. The molecule has 114 valence electrons. The second-order valence-electron chi connectivity index (χ2n) is 5.13. The van der Waals surface area contributed by atoms with Gasteiger partial charge in [0.15, 0.2) is 0 Å². The standard InChI is InChI=1S/C15H20ClN3O2/c1-10(9-20)19(2)15(21)17-6-5-11-8-18-14-4-3-12(16)7-13(11)14/h3-4,7-8,10,18,20H,5-6,9H2,1-2H3,(H,17,21). The van der Waals surface area contributed by atoms with Crippen LogP contribution in [0.15, 0.2) is 24.4 Å². The van der Waals surface area contributed by atoms with Crippen LogP contribution in [-0.4, -0.2) is 47.3 Å². The summed E-state index contributed by atoms with van der Waals surface area (Å²) in [6.07, 6.45) is 2.65. The first-order chi connectivity index (χ1) is 10.0. The Morgan fingerprint density at radius 2 is 2.29 bits per heavy atom. The lowest BCUT2D eigenvalue weighted by molar-refractivity contribution is 0.157. The number of aliphatic hydroxyl groups excluding tert-OH is 1. The van der Waals surface area contributed by atoms with E-state index < -0.39 is 0 Å². The maximum absolute atomic E-state index is 11.9. The molecule has 1 atom stereocenters. The molecule has 1 aromatic carbocycles. The van der Waals surface area contributed by atoms with Crippen molar-refractivity contribution in [3.8, 4) is 0 Å². The van der Waals surface area contributed by atoms with Crippen molar-refractivity contribution in [3.05, 3.63) is 35.0 Å². The third-order valence-electron chi connectivity index (χ3n) is 3.65. The van der Waals surface area contributed by atoms with Gasteiger partial charge in [0.1, 0.15) is 0 Å². The number of amides is 2. The van der Waals surface area contributed by atoms with Gasteiger partial charge in [0.2, 0.25) is 0 Å². The van der Waals surface area contributed by atoms with Crippen molar-refractivity contribution in [1.82, 2.24) is 15.2 Å². The molecule has 1 aromatic heterocycles. The predicted molar refractivity (Wildman–Crippen MR) is 84.7 cm³/mol. The number of aromatic nitrogens is 1. The summed E-state index contributed by atoms with van der Waals surface area (Å²) in [6, 6.07) is 5.32. The Hall–Kier alpha value is -1.72. The normalized spacial score (nSPS) is 12.4. The Balaban J connectivity index is 1.93. The fourth-order valence-electron chi connectivity index (χ4n) is 2.11. The molecule has 0 aliphatic carbocycles. The molecular weight excluding hydrogens is 290 g/mol. The average molecular weight is 310 g/mol. The molecule has 6 heteroatoms. The van der Waals surface area contributed by atoms with Crippen LogP contribution in [0.4, 0.5) is 4.79 Å². The number of benzene rings is 1. The highest BCUT2D eigenvalue weighted by Crippen LogP contribution is 2.22. The van der Waals surface area contributed by atoms with Crippen LogP contribution in [0.25, 0.3) is 10.9 Å². The van der Waals surface area contributed by atoms with Gasteiger partial charge >= 0.3 is 6.03 Å². The number of H-pyrrole nitrogens is 1. The highest BCUT2D eigenvalue weighted by molar-refractivity contribution is 6.31. The zero-order valence-electron chi connectivity index (χ0n) is 12.2. The molecule has 1 unspecified atom stereocenters. The highest BCUT2D eigenvalue weighted by atomic mass is 35.5. The summed E-state index contributed by atoms with van der Waals surface area (Å²) in [6.45, 7) is 2.27. The Morgan fingerprint density at radius 1 is 1.52 bits per heavy atom. The van der Waals surface area contributed by atoms with Crippen LogP contribution in [0.5, 0.6) is 0 Å². The van der Waals surface area contributed by atoms with Crippen molar-refractivity contribution in [2.45, 2.75) is 19.4 Å². The van der Waals surface area contributed by atoms with E-state index in [1.165, 1.54) is 4.90 Å². The van der Waals surface area contributed by atoms with Crippen molar-refractivity contribution in [2.75, 3.05) is 20.2 Å². The molecule has 0 fully saturated rings. The fraction of sp³-hybridized carbons (Fsp3) is 0.400. The second kappa shape index (κ2) is 6.83. The van der Waals surface area contributed by atoms with Gasteiger partial charge < -0.3 is 20.3 Å². The van der Waals surface area contributed by atoms with Crippen molar-refractivity contribution < 1.29 is 9.90 Å². The molecule has 0 radical (unpaired) electrons. The predicted octanol–water partition coefficient (Wildman–Crippen LogP) is 2.39. The van der Waals surface area contributed by atoms with Crippen LogP contribution in [0.2, 0.25) is 5.02 Å². The smallest absolute Gasteiger partial charge is 0.317 e. The summed E-state index contributed by atoms with van der Waals surface area (Å²) in [5.74, 6) is 0. The number of halogens is 1. The van der Waals surface area contributed by atoms with E-state index >= 15 is 0 Å². The van der Waals surface area contributed by atoms with Crippen molar-refractivity contribution in [3.63, 3.8) is 0 Å². The van der Waals surface area contributed by atoms with E-state index in [1.807, 2.05) is 24.4 Å². The van der Waals surface area contributed by atoms with Gasteiger partial charge in [-0.15, -0.1) is 0 Å². The number of carbonyl (C=O) groups is 1. The SMILES string of the molecule is CC(CO)N(C)C(=O)NCCc1c[nH]c2ccc(Cl)cc12. The number of likely N-dealkylation sites (N-methyl/N-ethyl adjacent to an activating group) is 1. The zero-order chi connectivity index (χ0) is 15.4. The van der Waals surface area contributed by atoms with Crippen LogP contribution < -0.4 is 5.32 Å². The summed E-state index contributed by atoms with van der Waals surface area (Å²) in [4.78, 5) is 16.5. The number of nitrogens with zero attached hydrogens (tertiary/aromatic N) is 1. The molecule has 0 spiro atoms. The molecule has 21 heavy (non-hydrogen) atoms. The van der Waals surface area contributed by atoms with Crippen LogP contribution >= 0.6 is 11.6 Å². The summed E-state index contributed by atoms with van der Waals surface area (Å²) in [7, 11) is 1.67. The number of carbonyl (C=O) groups excluding carboxylic acids is 1. The molecule has 0 saturated heterocycles. The highest BCUT2D eigenvalue weighted by Gasteiger charge is 2.14. The third-order valence-corrected chi connectivity index (χ3v) is 3.88. The lowest BCUT2D eigenvalue weighted by atomic mass is 10.1. The number of aromatic amines is 1. The van der Waals surface area contributed by atoms with E-state index in [-0.39, 0.29) is 18.7 Å². The van der Waals surface area contributed by atoms with Crippen molar-refractivity contribution in [1.29, 1.82) is 0 Å². The maximum Gasteiger partial charge on any atom is 0.317 e. The monoisotopic (exact) mass is 309 g/mol. The van der Waals surface area contributed by atoms with E-state index in [2.05, 4.69) is 10.3 Å². The van der Waals surface area contributed by atoms with Gasteiger partial charge in [0.05, 0.1) is 12.6 Å². The van der Waals surface area contributed by atoms with Gasteiger partial charge in [-0.25, -0.2) is 4.79 Å². The average Bonchev–Trinajstić information content (AvgIpc) is 2.88. The number of nitrogens with one attached hydrogen (secondary N) is 2. The summed E-state index contributed by atoms with van der Waals surface area (Å²) >= 11 is 6.01. The third kappa shape index (κ3) is 3.68. The van der Waals surface area contributed by atoms with E-state index in [4.69, 9.17) is 16.7 Å². The van der Waals surface area contributed by atoms with E-state index in [1.54, 1.807) is 14.0 Å². The van der Waals surface area contributed by atoms with E-state index in [9.17, 15) is 4.79 Å². The molecule has 2 amide bonds. The first-order valence-corrected chi connectivity index (χ1v) is 7.27. The van der Waals surface area contributed by atoms with Crippen LogP contribution in [-0.2, 0) is 6.42 Å². The molecule has 0 aliphatic heterocycles. The van der Waals surface area contributed by atoms with Gasteiger partial charge in [-0.1, -0.05) is 11.6 Å². The largest absolute Gasteiger partial charge is 0.394 e. The molecule has 2 aromatic rings. The molecule has 5 nitrogen and oxygen atoms in total. The van der Waals surface area contributed by atoms with Gasteiger partial charge in [0, 0.05) is 35.7 Å². The fourth-order valence-corrected chi connectivity index (χ4v) is 2.28. The van der Waals surface area contributed by atoms with Crippen LogP contribution in [0.3, 0.4) is 0 Å². The number of hydrogen-bond acceptors (Lipinski definition) is 2. The van der Waals surface area contributed by atoms with E-state index in [0.29, 0.717) is 18.0 Å². The van der Waals surface area contributed by atoms with Crippen LogP contribution in [0.1, 0.15) is 12.5 Å². The molecule has 0 bridgehead atoms. The Bertz CT molecular complexity index is 626. The molecule has 2 rings (SSSR count). The first-order valence-electron chi connectivity index (χ1n) is 6.90. The molecule has 0 saturated carbocycles. The summed E-state index contributed by atoms with van der Waals surface area (Å²) < 4.78 is 0.